The fourth-order valence-corrected chi connectivity index (χ4v) is 2.68. The van der Waals surface area contributed by atoms with Crippen molar-refractivity contribution in [2.24, 2.45) is 7.05 Å². The van der Waals surface area contributed by atoms with E-state index in [0.29, 0.717) is 17.3 Å². The Morgan fingerprint density at radius 1 is 1.38 bits per heavy atom. The maximum Gasteiger partial charge on any atom is 0.338 e. The number of carbonyl (C=O) groups is 1. The first-order chi connectivity index (χ1) is 11.4. The lowest BCUT2D eigenvalue weighted by Crippen LogP contribution is -2.31. The van der Waals surface area contributed by atoms with Gasteiger partial charge in [-0.3, -0.25) is 4.68 Å². The summed E-state index contributed by atoms with van der Waals surface area (Å²) < 4.78 is 6.74. The normalized spacial score (nSPS) is 11.7. The highest BCUT2D eigenvalue weighted by atomic mass is 32.1. The molecule has 0 saturated heterocycles. The third kappa shape index (κ3) is 4.55. The molecule has 2 N–H and O–H groups in total. The average Bonchev–Trinajstić information content (AvgIpc) is 2.87. The van der Waals surface area contributed by atoms with Gasteiger partial charge >= 0.3 is 5.97 Å². The molecule has 2 aromatic rings. The molecule has 1 heterocycles. The number of nitrogens with zero attached hydrogens (tertiary/aromatic N) is 2. The molecule has 0 unspecified atom stereocenters. The molecule has 0 fully saturated rings. The number of hydrogen-bond acceptors (Lipinski definition) is 4. The van der Waals surface area contributed by atoms with E-state index in [1.54, 1.807) is 35.9 Å². The molecule has 128 valence electrons. The van der Waals surface area contributed by atoms with Crippen LogP contribution in [0.3, 0.4) is 0 Å². The Morgan fingerprint density at radius 3 is 2.58 bits per heavy atom. The molecule has 0 aliphatic heterocycles. The zero-order valence-electron chi connectivity index (χ0n) is 14.3. The first-order valence-corrected chi connectivity index (χ1v) is 8.16. The van der Waals surface area contributed by atoms with Crippen molar-refractivity contribution in [3.63, 3.8) is 0 Å². The molecule has 0 amide bonds. The van der Waals surface area contributed by atoms with Crippen LogP contribution in [-0.2, 0) is 11.8 Å². The number of carbonyl (C=O) groups excluding carboxylic acids is 1. The third-order valence-electron chi connectivity index (χ3n) is 3.52. The third-order valence-corrected chi connectivity index (χ3v) is 3.74. The largest absolute Gasteiger partial charge is 0.462 e. The van der Waals surface area contributed by atoms with Crippen LogP contribution < -0.4 is 10.6 Å². The average molecular weight is 346 g/mol. The van der Waals surface area contributed by atoms with Crippen molar-refractivity contribution in [3.05, 3.63) is 47.3 Å². The first-order valence-electron chi connectivity index (χ1n) is 7.75. The number of hydrogen-bond donors (Lipinski definition) is 2. The highest BCUT2D eigenvalue weighted by molar-refractivity contribution is 7.80. The molecule has 0 bridgehead atoms. The second-order valence-electron chi connectivity index (χ2n) is 5.46. The van der Waals surface area contributed by atoms with Crippen molar-refractivity contribution in [1.29, 1.82) is 0 Å². The fourth-order valence-electron chi connectivity index (χ4n) is 2.39. The summed E-state index contributed by atoms with van der Waals surface area (Å²) in [5.74, 6) is -0.328. The van der Waals surface area contributed by atoms with Crippen LogP contribution in [0.15, 0.2) is 30.5 Å². The van der Waals surface area contributed by atoms with E-state index >= 15 is 0 Å². The van der Waals surface area contributed by atoms with Crippen LogP contribution in [0.25, 0.3) is 0 Å². The Kier molecular flexibility index (Phi) is 5.92. The van der Waals surface area contributed by atoms with Crippen LogP contribution in [0.4, 0.5) is 5.69 Å². The van der Waals surface area contributed by atoms with Gasteiger partial charge in [0, 0.05) is 24.5 Å². The first kappa shape index (κ1) is 17.9. The summed E-state index contributed by atoms with van der Waals surface area (Å²) in [5.41, 5.74) is 3.38. The van der Waals surface area contributed by atoms with E-state index in [2.05, 4.69) is 15.7 Å². The van der Waals surface area contributed by atoms with Crippen LogP contribution in [0, 0.1) is 6.92 Å². The van der Waals surface area contributed by atoms with Gasteiger partial charge in [0.25, 0.3) is 0 Å². The summed E-state index contributed by atoms with van der Waals surface area (Å²) in [7, 11) is 1.89. The quantitative estimate of drug-likeness (QED) is 0.641. The van der Waals surface area contributed by atoms with Gasteiger partial charge in [0.15, 0.2) is 5.11 Å². The molecule has 0 saturated carbocycles. The summed E-state index contributed by atoms with van der Waals surface area (Å²) in [6, 6.07) is 7.04. The molecule has 2 rings (SSSR count). The highest BCUT2D eigenvalue weighted by Gasteiger charge is 2.13. The van der Waals surface area contributed by atoms with Gasteiger partial charge in [-0.05, 0) is 57.3 Å². The van der Waals surface area contributed by atoms with Crippen molar-refractivity contribution in [2.45, 2.75) is 26.8 Å². The lowest BCUT2D eigenvalue weighted by Gasteiger charge is -2.16. The molecule has 1 aromatic carbocycles. The molecule has 0 spiro atoms. The van der Waals surface area contributed by atoms with E-state index in [1.165, 1.54) is 0 Å². The Hall–Kier alpha value is -2.41. The lowest BCUT2D eigenvalue weighted by molar-refractivity contribution is 0.0526. The second kappa shape index (κ2) is 7.92. The zero-order chi connectivity index (χ0) is 17.7. The monoisotopic (exact) mass is 346 g/mol. The molecule has 24 heavy (non-hydrogen) atoms. The number of anilines is 1. The summed E-state index contributed by atoms with van der Waals surface area (Å²) >= 11 is 5.35. The van der Waals surface area contributed by atoms with Gasteiger partial charge in [-0.2, -0.15) is 5.10 Å². The van der Waals surface area contributed by atoms with E-state index in [-0.39, 0.29) is 12.0 Å². The van der Waals surface area contributed by atoms with Gasteiger partial charge in [-0.1, -0.05) is 0 Å². The van der Waals surface area contributed by atoms with E-state index in [9.17, 15) is 4.79 Å². The molecule has 1 aromatic heterocycles. The topological polar surface area (TPSA) is 68.2 Å². The predicted molar refractivity (Wildman–Crippen MR) is 98.1 cm³/mol. The van der Waals surface area contributed by atoms with Crippen molar-refractivity contribution in [3.8, 4) is 0 Å². The number of thiocarbonyl (C=S) groups is 1. The van der Waals surface area contributed by atoms with Crippen LogP contribution >= 0.6 is 12.2 Å². The number of rotatable bonds is 5. The van der Waals surface area contributed by atoms with Crippen molar-refractivity contribution in [2.75, 3.05) is 11.9 Å². The number of aryl methyl sites for hydroxylation is 2. The summed E-state index contributed by atoms with van der Waals surface area (Å²) in [5, 5.41) is 11.2. The Morgan fingerprint density at radius 2 is 2.04 bits per heavy atom. The lowest BCUT2D eigenvalue weighted by atomic mass is 10.1. The summed E-state index contributed by atoms with van der Waals surface area (Å²) in [6.45, 7) is 6.14. The van der Waals surface area contributed by atoms with Crippen molar-refractivity contribution in [1.82, 2.24) is 15.1 Å². The second-order valence-corrected chi connectivity index (χ2v) is 5.87. The van der Waals surface area contributed by atoms with E-state index < -0.39 is 0 Å². The zero-order valence-corrected chi connectivity index (χ0v) is 15.1. The SMILES string of the molecule is CCOC(=O)c1ccc(NC(=S)N[C@H](C)c2cn(C)nc2C)cc1. The van der Waals surface area contributed by atoms with Gasteiger partial charge in [0.2, 0.25) is 0 Å². The van der Waals surface area contributed by atoms with Gasteiger partial charge in [-0.25, -0.2) is 4.79 Å². The van der Waals surface area contributed by atoms with Crippen molar-refractivity contribution >= 4 is 29.0 Å². The van der Waals surface area contributed by atoms with Gasteiger partial charge in [-0.15, -0.1) is 0 Å². The van der Waals surface area contributed by atoms with Crippen LogP contribution in [0.1, 0.15) is 41.5 Å². The molecule has 0 aliphatic rings. The number of nitrogens with one attached hydrogen (secondary N) is 2. The maximum atomic E-state index is 11.6. The summed E-state index contributed by atoms with van der Waals surface area (Å²) in [4.78, 5) is 11.6. The Labute approximate surface area is 147 Å². The predicted octanol–water partition coefficient (Wildman–Crippen LogP) is 2.95. The minimum atomic E-state index is -0.328. The molecule has 0 radical (unpaired) electrons. The molecule has 1 atom stereocenters. The molecular weight excluding hydrogens is 324 g/mol. The fraction of sp³-hybridized carbons (Fsp3) is 0.353. The van der Waals surface area contributed by atoms with Gasteiger partial charge in [0.05, 0.1) is 23.9 Å². The van der Waals surface area contributed by atoms with Gasteiger partial charge in [0.1, 0.15) is 0 Å². The van der Waals surface area contributed by atoms with Crippen LogP contribution in [-0.4, -0.2) is 27.5 Å². The van der Waals surface area contributed by atoms with E-state index in [1.807, 2.05) is 27.1 Å². The molecule has 0 aliphatic carbocycles. The highest BCUT2D eigenvalue weighted by Crippen LogP contribution is 2.16. The molecular formula is C17H22N4O2S. The number of benzene rings is 1. The van der Waals surface area contributed by atoms with Crippen LogP contribution in [0.2, 0.25) is 0 Å². The number of aromatic nitrogens is 2. The number of esters is 1. The Bertz CT molecular complexity index is 725. The van der Waals surface area contributed by atoms with E-state index in [4.69, 9.17) is 17.0 Å². The van der Waals surface area contributed by atoms with Crippen molar-refractivity contribution < 1.29 is 9.53 Å². The van der Waals surface area contributed by atoms with E-state index in [0.717, 1.165) is 16.9 Å². The maximum absolute atomic E-state index is 11.6. The van der Waals surface area contributed by atoms with Gasteiger partial charge < -0.3 is 15.4 Å². The minimum absolute atomic E-state index is 0.0394. The molecule has 7 heteroatoms. The van der Waals surface area contributed by atoms with Crippen LogP contribution in [0.5, 0.6) is 0 Å². The number of ether oxygens (including phenoxy) is 1. The Balaban J connectivity index is 1.94. The summed E-state index contributed by atoms with van der Waals surface area (Å²) in [6.07, 6.45) is 1.98. The molecule has 6 nitrogen and oxygen atoms in total. The minimum Gasteiger partial charge on any atom is -0.462 e. The standard InChI is InChI=1S/C17H22N4O2S/c1-5-23-16(22)13-6-8-14(9-7-13)19-17(24)18-11(2)15-10-21(4)20-12(15)3/h6-11H,5H2,1-4H3,(H2,18,19,24)/t11-/m1/s1. The smallest absolute Gasteiger partial charge is 0.338 e.